The average Bonchev–Trinajstić information content (AvgIpc) is 2.36. The number of nitrogens with zero attached hydrogens (tertiary/aromatic N) is 3. The lowest BCUT2D eigenvalue weighted by Crippen LogP contribution is -2.39. The summed E-state index contributed by atoms with van der Waals surface area (Å²) in [6, 6.07) is 7.46. The number of likely N-dealkylation sites (N-methyl/N-ethyl adjacent to an activating group) is 2. The van der Waals surface area contributed by atoms with E-state index in [1.54, 1.807) is 7.05 Å². The summed E-state index contributed by atoms with van der Waals surface area (Å²) in [7, 11) is 3.53. The van der Waals surface area contributed by atoms with E-state index in [9.17, 15) is 13.2 Å². The quantitative estimate of drug-likeness (QED) is 0.799. The molecule has 1 aromatic rings. The molecule has 0 aliphatic carbocycles. The second kappa shape index (κ2) is 6.23. The van der Waals surface area contributed by atoms with Gasteiger partial charge in [-0.25, -0.2) is 8.42 Å². The van der Waals surface area contributed by atoms with Crippen LogP contribution in [0.25, 0.3) is 0 Å². The first-order chi connectivity index (χ1) is 9.12. The molecule has 0 spiro atoms. The molecule has 7 heteroatoms. The molecule has 0 saturated carbocycles. The molecule has 0 bridgehead atoms. The summed E-state index contributed by atoms with van der Waals surface area (Å²) in [5.74, 6) is -0.282. The number of benzene rings is 1. The standard InChI is InChI=1S/C13H21N3O3S/c1-14(2)11-6-8-12(9-7-11)16(4)13(17)10-15(3)20(5,18)19/h6-9H,10H2,1-5H3. The third-order valence-electron chi connectivity index (χ3n) is 3.05. The first kappa shape index (κ1) is 16.5. The van der Waals surface area contributed by atoms with Gasteiger partial charge in [0.2, 0.25) is 15.9 Å². The zero-order chi connectivity index (χ0) is 15.5. The molecule has 0 atom stereocenters. The van der Waals surface area contributed by atoms with Gasteiger partial charge in [-0.3, -0.25) is 4.79 Å². The highest BCUT2D eigenvalue weighted by Crippen LogP contribution is 2.18. The van der Waals surface area contributed by atoms with Crippen molar-refractivity contribution >= 4 is 27.3 Å². The van der Waals surface area contributed by atoms with Crippen molar-refractivity contribution in [2.75, 3.05) is 50.8 Å². The number of rotatable bonds is 5. The molecular formula is C13H21N3O3S. The Balaban J connectivity index is 2.79. The molecule has 6 nitrogen and oxygen atoms in total. The normalized spacial score (nSPS) is 11.5. The summed E-state index contributed by atoms with van der Waals surface area (Å²) in [6.45, 7) is -0.176. The van der Waals surface area contributed by atoms with Gasteiger partial charge in [-0.05, 0) is 24.3 Å². The molecule has 1 aromatic carbocycles. The van der Waals surface area contributed by atoms with Crippen LogP contribution in [0.1, 0.15) is 0 Å². The van der Waals surface area contributed by atoms with Crippen LogP contribution in [0.5, 0.6) is 0 Å². The lowest BCUT2D eigenvalue weighted by atomic mass is 10.2. The van der Waals surface area contributed by atoms with Gasteiger partial charge < -0.3 is 9.80 Å². The third kappa shape index (κ3) is 4.21. The summed E-state index contributed by atoms with van der Waals surface area (Å²) in [5, 5.41) is 0. The minimum atomic E-state index is -3.35. The largest absolute Gasteiger partial charge is 0.378 e. The summed E-state index contributed by atoms with van der Waals surface area (Å²) < 4.78 is 23.6. The van der Waals surface area contributed by atoms with Crippen LogP contribution in [0.15, 0.2) is 24.3 Å². The van der Waals surface area contributed by atoms with Crippen LogP contribution in [0.4, 0.5) is 11.4 Å². The number of hydrogen-bond acceptors (Lipinski definition) is 4. The van der Waals surface area contributed by atoms with Gasteiger partial charge in [0, 0.05) is 39.6 Å². The summed E-state index contributed by atoms with van der Waals surface area (Å²) in [5.41, 5.74) is 1.75. The Labute approximate surface area is 120 Å². The lowest BCUT2D eigenvalue weighted by molar-refractivity contribution is -0.118. The van der Waals surface area contributed by atoms with Gasteiger partial charge in [-0.1, -0.05) is 0 Å². The highest BCUT2D eigenvalue weighted by molar-refractivity contribution is 7.88. The predicted molar refractivity (Wildman–Crippen MR) is 81.7 cm³/mol. The highest BCUT2D eigenvalue weighted by Gasteiger charge is 2.18. The van der Waals surface area contributed by atoms with Crippen LogP contribution in [-0.2, 0) is 14.8 Å². The van der Waals surface area contributed by atoms with Crippen molar-refractivity contribution in [1.29, 1.82) is 0 Å². The van der Waals surface area contributed by atoms with E-state index >= 15 is 0 Å². The van der Waals surface area contributed by atoms with Crippen LogP contribution in [0, 0.1) is 0 Å². The molecular weight excluding hydrogens is 278 g/mol. The fourth-order valence-corrected chi connectivity index (χ4v) is 1.88. The van der Waals surface area contributed by atoms with Crippen LogP contribution in [-0.4, -0.2) is 59.6 Å². The summed E-state index contributed by atoms with van der Waals surface area (Å²) in [4.78, 5) is 15.4. The Hall–Kier alpha value is -1.60. The van der Waals surface area contributed by atoms with Crippen molar-refractivity contribution in [1.82, 2.24) is 4.31 Å². The van der Waals surface area contributed by atoms with Gasteiger partial charge in [0.25, 0.3) is 0 Å². The maximum atomic E-state index is 12.0. The van der Waals surface area contributed by atoms with Crippen molar-refractivity contribution in [2.45, 2.75) is 0 Å². The molecule has 112 valence electrons. The van der Waals surface area contributed by atoms with Gasteiger partial charge in [-0.15, -0.1) is 0 Å². The van der Waals surface area contributed by atoms with E-state index in [0.29, 0.717) is 0 Å². The second-order valence-electron chi connectivity index (χ2n) is 4.88. The molecule has 0 aliphatic heterocycles. The molecule has 1 amide bonds. The summed E-state index contributed by atoms with van der Waals surface area (Å²) in [6.07, 6.45) is 1.08. The topological polar surface area (TPSA) is 60.9 Å². The Morgan fingerprint density at radius 2 is 1.45 bits per heavy atom. The van der Waals surface area contributed by atoms with Gasteiger partial charge in [0.1, 0.15) is 0 Å². The van der Waals surface area contributed by atoms with Crippen molar-refractivity contribution in [3.63, 3.8) is 0 Å². The molecule has 0 aromatic heterocycles. The zero-order valence-electron chi connectivity index (χ0n) is 12.5. The molecule has 0 unspecified atom stereocenters. The molecule has 0 radical (unpaired) electrons. The van der Waals surface area contributed by atoms with Gasteiger partial charge in [0.15, 0.2) is 0 Å². The minimum absolute atomic E-state index is 0.176. The van der Waals surface area contributed by atoms with Crippen LogP contribution in [0.3, 0.4) is 0 Å². The molecule has 0 aliphatic rings. The van der Waals surface area contributed by atoms with E-state index in [1.165, 1.54) is 11.9 Å². The maximum Gasteiger partial charge on any atom is 0.242 e. The van der Waals surface area contributed by atoms with E-state index < -0.39 is 10.0 Å². The first-order valence-electron chi connectivity index (χ1n) is 6.08. The Kier molecular flexibility index (Phi) is 5.13. The number of hydrogen-bond donors (Lipinski definition) is 0. The van der Waals surface area contributed by atoms with Gasteiger partial charge in [0.05, 0.1) is 12.8 Å². The zero-order valence-corrected chi connectivity index (χ0v) is 13.3. The van der Waals surface area contributed by atoms with E-state index in [0.717, 1.165) is 21.9 Å². The number of carbonyl (C=O) groups is 1. The Bertz CT molecular complexity index is 567. The monoisotopic (exact) mass is 299 g/mol. The molecule has 0 fully saturated rings. The molecule has 1 rings (SSSR count). The van der Waals surface area contributed by atoms with Crippen LogP contribution < -0.4 is 9.80 Å². The number of anilines is 2. The smallest absolute Gasteiger partial charge is 0.242 e. The van der Waals surface area contributed by atoms with Crippen molar-refractivity contribution in [3.8, 4) is 0 Å². The van der Waals surface area contributed by atoms with Crippen LogP contribution in [0.2, 0.25) is 0 Å². The van der Waals surface area contributed by atoms with Crippen molar-refractivity contribution in [2.24, 2.45) is 0 Å². The Morgan fingerprint density at radius 1 is 1.00 bits per heavy atom. The minimum Gasteiger partial charge on any atom is -0.378 e. The molecule has 0 heterocycles. The Morgan fingerprint density at radius 3 is 1.85 bits per heavy atom. The number of sulfonamides is 1. The van der Waals surface area contributed by atoms with E-state index in [1.807, 2.05) is 43.3 Å². The number of carbonyl (C=O) groups excluding carboxylic acids is 1. The van der Waals surface area contributed by atoms with Crippen molar-refractivity contribution in [3.05, 3.63) is 24.3 Å². The third-order valence-corrected chi connectivity index (χ3v) is 4.31. The molecule has 20 heavy (non-hydrogen) atoms. The van der Waals surface area contributed by atoms with E-state index in [4.69, 9.17) is 0 Å². The molecule has 0 saturated heterocycles. The van der Waals surface area contributed by atoms with E-state index in [2.05, 4.69) is 0 Å². The van der Waals surface area contributed by atoms with E-state index in [-0.39, 0.29) is 12.5 Å². The SMILES string of the molecule is CN(C)c1ccc(N(C)C(=O)CN(C)S(C)(=O)=O)cc1. The lowest BCUT2D eigenvalue weighted by Gasteiger charge is -2.21. The number of amides is 1. The van der Waals surface area contributed by atoms with Gasteiger partial charge in [-0.2, -0.15) is 4.31 Å². The summed E-state index contributed by atoms with van der Waals surface area (Å²) >= 11 is 0. The predicted octanol–water partition coefficient (Wildman–Crippen LogP) is 0.607. The van der Waals surface area contributed by atoms with Crippen molar-refractivity contribution < 1.29 is 13.2 Å². The molecule has 0 N–H and O–H groups in total. The second-order valence-corrected chi connectivity index (χ2v) is 6.97. The van der Waals surface area contributed by atoms with Crippen LogP contribution >= 0.6 is 0 Å². The average molecular weight is 299 g/mol. The maximum absolute atomic E-state index is 12.0. The highest BCUT2D eigenvalue weighted by atomic mass is 32.2. The fraction of sp³-hybridized carbons (Fsp3) is 0.462. The van der Waals surface area contributed by atoms with Gasteiger partial charge >= 0.3 is 0 Å². The fourth-order valence-electron chi connectivity index (χ4n) is 1.53. The first-order valence-corrected chi connectivity index (χ1v) is 7.93.